The number of aromatic nitrogens is 1. The minimum absolute atomic E-state index is 0.112. The van der Waals surface area contributed by atoms with Gasteiger partial charge in [-0.25, -0.2) is 0 Å². The van der Waals surface area contributed by atoms with Crippen LogP contribution in [-0.2, 0) is 5.72 Å². The smallest absolute Gasteiger partial charge is 0.267 e. The topological polar surface area (TPSA) is 141 Å². The molecule has 3 rings (SSSR count). The van der Waals surface area contributed by atoms with Gasteiger partial charge >= 0.3 is 0 Å². The molecule has 1 amide bonds. The summed E-state index contributed by atoms with van der Waals surface area (Å²) in [6.07, 6.45) is 0. The van der Waals surface area contributed by atoms with E-state index in [0.29, 0.717) is 5.75 Å². The number of nitrogen functional groups attached to an aromatic ring is 1. The highest BCUT2D eigenvalue weighted by atomic mass is 16.5. The summed E-state index contributed by atoms with van der Waals surface area (Å²) in [6.45, 7) is 0. The van der Waals surface area contributed by atoms with Gasteiger partial charge in [-0.05, 0) is 12.1 Å². The summed E-state index contributed by atoms with van der Waals surface area (Å²) >= 11 is 0. The van der Waals surface area contributed by atoms with Crippen LogP contribution in [0.25, 0.3) is 0 Å². The number of ether oxygens (including phenoxy) is 1. The Hall–Kier alpha value is -3.31. The van der Waals surface area contributed by atoms with Crippen molar-refractivity contribution in [3.63, 3.8) is 0 Å². The first kappa shape index (κ1) is 14.6. The molecule has 8 nitrogen and oxygen atoms in total. The number of hydrogen-bond donors (Lipinski definition) is 4. The van der Waals surface area contributed by atoms with Crippen molar-refractivity contribution in [2.24, 2.45) is 0 Å². The Morgan fingerprint density at radius 3 is 2.52 bits per heavy atom. The molecule has 116 valence electrons. The maximum absolute atomic E-state index is 12.2. The Kier molecular flexibility index (Phi) is 3.09. The zero-order valence-corrected chi connectivity index (χ0v) is 12.0. The number of H-pyrrole nitrogens is 1. The number of amides is 1. The number of nitrogens with one attached hydrogen (secondary N) is 2. The third kappa shape index (κ3) is 1.95. The van der Waals surface area contributed by atoms with Crippen molar-refractivity contribution in [2.45, 2.75) is 5.72 Å². The Morgan fingerprint density at radius 1 is 1.30 bits per heavy atom. The standard InChI is InChI=1S/C15H12N4O4/c1-23-8-4-2-7(3-5-8)15(22)11-9(6-16)13(20)18-12(17)10(11)14(21)19-15/h2-5,22H,1H3,(H,19,21)(H3,17,18,20). The lowest BCUT2D eigenvalue weighted by Gasteiger charge is -2.25. The van der Waals surface area contributed by atoms with Crippen LogP contribution in [0.3, 0.4) is 0 Å². The van der Waals surface area contributed by atoms with Crippen molar-refractivity contribution in [1.29, 1.82) is 5.26 Å². The molecule has 8 heteroatoms. The normalized spacial score (nSPS) is 18.9. The summed E-state index contributed by atoms with van der Waals surface area (Å²) in [5.74, 6) is -0.331. The van der Waals surface area contributed by atoms with Crippen LogP contribution < -0.4 is 21.3 Å². The lowest BCUT2D eigenvalue weighted by molar-refractivity contribution is 0.0473. The van der Waals surface area contributed by atoms with Crippen LogP contribution in [0.1, 0.15) is 27.0 Å². The number of aliphatic hydroxyl groups is 1. The molecule has 2 heterocycles. The molecule has 0 radical (unpaired) electrons. The summed E-state index contributed by atoms with van der Waals surface area (Å²) < 4.78 is 5.04. The number of pyridine rings is 1. The van der Waals surface area contributed by atoms with E-state index >= 15 is 0 Å². The van der Waals surface area contributed by atoms with Crippen molar-refractivity contribution in [3.8, 4) is 11.8 Å². The number of rotatable bonds is 2. The lowest BCUT2D eigenvalue weighted by Crippen LogP contribution is -2.41. The first-order valence-corrected chi connectivity index (χ1v) is 6.58. The number of methoxy groups -OCH3 is 1. The van der Waals surface area contributed by atoms with Crippen LogP contribution in [0.15, 0.2) is 29.1 Å². The van der Waals surface area contributed by atoms with Crippen LogP contribution >= 0.6 is 0 Å². The Labute approximate surface area is 130 Å². The minimum Gasteiger partial charge on any atom is -0.497 e. The van der Waals surface area contributed by atoms with E-state index in [1.807, 2.05) is 0 Å². The molecule has 1 aliphatic rings. The third-order valence-corrected chi connectivity index (χ3v) is 3.75. The molecular weight excluding hydrogens is 300 g/mol. The van der Waals surface area contributed by atoms with Gasteiger partial charge in [0.1, 0.15) is 23.2 Å². The minimum atomic E-state index is -2.02. The molecule has 23 heavy (non-hydrogen) atoms. The Balaban J connectivity index is 2.32. The average molecular weight is 312 g/mol. The predicted octanol–water partition coefficient (Wildman–Crippen LogP) is -0.226. The van der Waals surface area contributed by atoms with E-state index in [9.17, 15) is 20.0 Å². The Morgan fingerprint density at radius 2 is 1.96 bits per heavy atom. The number of benzene rings is 1. The molecule has 1 aromatic heterocycles. The fourth-order valence-corrected chi connectivity index (χ4v) is 2.66. The summed E-state index contributed by atoms with van der Waals surface area (Å²) in [5.41, 5.74) is 2.53. The first-order valence-electron chi connectivity index (χ1n) is 6.58. The van der Waals surface area contributed by atoms with Gasteiger partial charge in [-0.1, -0.05) is 12.1 Å². The summed E-state index contributed by atoms with van der Waals surface area (Å²) in [6, 6.07) is 7.92. The average Bonchev–Trinajstić information content (AvgIpc) is 2.80. The molecule has 0 aliphatic carbocycles. The van der Waals surface area contributed by atoms with Crippen molar-refractivity contribution in [1.82, 2.24) is 10.3 Å². The zero-order valence-electron chi connectivity index (χ0n) is 12.0. The van der Waals surface area contributed by atoms with E-state index in [4.69, 9.17) is 10.5 Å². The second-order valence-electron chi connectivity index (χ2n) is 5.00. The van der Waals surface area contributed by atoms with Crippen LogP contribution in [0.5, 0.6) is 5.75 Å². The van der Waals surface area contributed by atoms with Crippen molar-refractivity contribution in [3.05, 3.63) is 56.9 Å². The molecule has 5 N–H and O–H groups in total. The summed E-state index contributed by atoms with van der Waals surface area (Å²) in [4.78, 5) is 26.3. The molecule has 0 saturated carbocycles. The largest absolute Gasteiger partial charge is 0.497 e. The molecule has 1 atom stereocenters. The number of hydrogen-bond acceptors (Lipinski definition) is 6. The number of nitriles is 1. The van der Waals surface area contributed by atoms with Gasteiger partial charge in [-0.15, -0.1) is 0 Å². The van der Waals surface area contributed by atoms with E-state index in [1.165, 1.54) is 19.2 Å². The van der Waals surface area contributed by atoms with E-state index < -0.39 is 17.2 Å². The quantitative estimate of drug-likeness (QED) is 0.604. The summed E-state index contributed by atoms with van der Waals surface area (Å²) in [5, 5.41) is 22.6. The molecule has 0 spiro atoms. The van der Waals surface area contributed by atoms with Crippen LogP contribution in [0, 0.1) is 11.3 Å². The highest BCUT2D eigenvalue weighted by Gasteiger charge is 2.47. The highest BCUT2D eigenvalue weighted by molar-refractivity contribution is 6.04. The van der Waals surface area contributed by atoms with Crippen molar-refractivity contribution < 1.29 is 14.6 Å². The number of aromatic amines is 1. The fraction of sp³-hybridized carbons (Fsp3) is 0.133. The maximum atomic E-state index is 12.2. The van der Waals surface area contributed by atoms with E-state index in [0.717, 1.165) is 0 Å². The molecule has 2 aromatic rings. The van der Waals surface area contributed by atoms with Crippen LogP contribution in [0.2, 0.25) is 0 Å². The van der Waals surface area contributed by atoms with Crippen LogP contribution in [0.4, 0.5) is 5.82 Å². The molecule has 1 aromatic carbocycles. The summed E-state index contributed by atoms with van der Waals surface area (Å²) in [7, 11) is 1.49. The molecular formula is C15H12N4O4. The van der Waals surface area contributed by atoms with Crippen molar-refractivity contribution >= 4 is 11.7 Å². The number of anilines is 1. The molecule has 1 unspecified atom stereocenters. The number of carbonyl (C=O) groups excluding carboxylic acids is 1. The van der Waals surface area contributed by atoms with E-state index in [1.54, 1.807) is 18.2 Å². The van der Waals surface area contributed by atoms with Crippen molar-refractivity contribution in [2.75, 3.05) is 12.8 Å². The second-order valence-corrected chi connectivity index (χ2v) is 5.00. The SMILES string of the molecule is COc1ccc(C2(O)NC(=O)c3c(N)[nH]c(=O)c(C#N)c32)cc1. The van der Waals surface area contributed by atoms with Gasteiger partial charge in [-0.3, -0.25) is 9.59 Å². The lowest BCUT2D eigenvalue weighted by atomic mass is 9.91. The van der Waals surface area contributed by atoms with Gasteiger partial charge in [-0.2, -0.15) is 5.26 Å². The highest BCUT2D eigenvalue weighted by Crippen LogP contribution is 2.38. The predicted molar refractivity (Wildman–Crippen MR) is 79.6 cm³/mol. The van der Waals surface area contributed by atoms with E-state index in [2.05, 4.69) is 10.3 Å². The molecule has 0 saturated heterocycles. The monoisotopic (exact) mass is 312 g/mol. The van der Waals surface area contributed by atoms with Gasteiger partial charge < -0.3 is 25.9 Å². The van der Waals surface area contributed by atoms with Gasteiger partial charge in [0.15, 0.2) is 5.72 Å². The van der Waals surface area contributed by atoms with Gasteiger partial charge in [0, 0.05) is 11.1 Å². The first-order chi connectivity index (χ1) is 10.9. The van der Waals surface area contributed by atoms with Crippen LogP contribution in [-0.4, -0.2) is 23.1 Å². The number of nitrogens with zero attached hydrogens (tertiary/aromatic N) is 1. The third-order valence-electron chi connectivity index (χ3n) is 3.75. The Bertz CT molecular complexity index is 911. The van der Waals surface area contributed by atoms with Gasteiger partial charge in [0.05, 0.1) is 12.7 Å². The number of nitrogens with two attached hydrogens (primary N) is 1. The number of fused-ring (bicyclic) bond motifs is 1. The zero-order chi connectivity index (χ0) is 16.8. The molecule has 0 fully saturated rings. The molecule has 0 bridgehead atoms. The van der Waals surface area contributed by atoms with Gasteiger partial charge in [0.25, 0.3) is 11.5 Å². The fourth-order valence-electron chi connectivity index (χ4n) is 2.66. The maximum Gasteiger partial charge on any atom is 0.267 e. The number of carbonyl (C=O) groups is 1. The molecule has 1 aliphatic heterocycles. The van der Waals surface area contributed by atoms with E-state index in [-0.39, 0.29) is 28.1 Å². The van der Waals surface area contributed by atoms with Gasteiger partial charge in [0.2, 0.25) is 0 Å². The second kappa shape index (κ2) is 4.86.